The van der Waals surface area contributed by atoms with Crippen LogP contribution in [0.4, 0.5) is 10.3 Å². The summed E-state index contributed by atoms with van der Waals surface area (Å²) in [5, 5.41) is 5.44. The minimum atomic E-state index is -3.65. The Morgan fingerprint density at radius 1 is 1.06 bits per heavy atom. The Kier molecular flexibility index (Phi) is 6.10. The zero-order valence-corrected chi connectivity index (χ0v) is 20.2. The molecule has 0 bridgehead atoms. The van der Waals surface area contributed by atoms with Gasteiger partial charge in [-0.3, -0.25) is 4.68 Å². The SMILES string of the molecule is CCc1cnc(N2CCC(n3ncc4cc(Oc5ccc(S(C)(=O)=O)c(F)c5)ncc43)CC2)nc1. The number of hydrogen-bond donors (Lipinski definition) is 0. The molecule has 4 aromatic rings. The molecule has 1 aromatic carbocycles. The normalized spacial score (nSPS) is 15.0. The number of aromatic nitrogens is 5. The maximum Gasteiger partial charge on any atom is 0.225 e. The fourth-order valence-corrected chi connectivity index (χ4v) is 4.97. The fraction of sp³-hybridized carbons (Fsp3) is 0.333. The maximum absolute atomic E-state index is 14.2. The lowest BCUT2D eigenvalue weighted by molar-refractivity contribution is 0.373. The van der Waals surface area contributed by atoms with E-state index in [1.54, 1.807) is 18.5 Å². The Morgan fingerprint density at radius 2 is 1.80 bits per heavy atom. The summed E-state index contributed by atoms with van der Waals surface area (Å²) in [6, 6.07) is 5.59. The van der Waals surface area contributed by atoms with Crippen molar-refractivity contribution >= 4 is 26.7 Å². The molecule has 182 valence electrons. The van der Waals surface area contributed by atoms with Crippen LogP contribution in [-0.2, 0) is 16.3 Å². The molecule has 0 unspecified atom stereocenters. The third-order valence-corrected chi connectivity index (χ3v) is 7.31. The van der Waals surface area contributed by atoms with Gasteiger partial charge in [0.2, 0.25) is 11.8 Å². The minimum absolute atomic E-state index is 0.163. The minimum Gasteiger partial charge on any atom is -0.439 e. The molecule has 0 spiro atoms. The number of hydrogen-bond acceptors (Lipinski definition) is 8. The number of pyridine rings is 1. The van der Waals surface area contributed by atoms with Crippen LogP contribution in [0, 0.1) is 5.82 Å². The Balaban J connectivity index is 1.28. The summed E-state index contributed by atoms with van der Waals surface area (Å²) in [5.74, 6) is 0.328. The van der Waals surface area contributed by atoms with Crippen molar-refractivity contribution in [3.05, 3.63) is 60.4 Å². The predicted molar refractivity (Wildman–Crippen MR) is 129 cm³/mol. The number of halogens is 1. The first-order chi connectivity index (χ1) is 16.8. The van der Waals surface area contributed by atoms with E-state index in [0.717, 1.165) is 67.1 Å². The van der Waals surface area contributed by atoms with Crippen LogP contribution < -0.4 is 9.64 Å². The lowest BCUT2D eigenvalue weighted by Crippen LogP contribution is -2.36. The standard InChI is InChI=1S/C24H25FN6O3S/c1-3-16-12-27-24(28-13-16)30-8-6-18(7-9-30)31-21-15-26-23(10-17(21)14-29-31)34-19-4-5-22(20(25)11-19)35(2,32)33/h4-5,10-15,18H,3,6-9H2,1-2H3. The number of anilines is 1. The molecule has 35 heavy (non-hydrogen) atoms. The molecule has 1 aliphatic heterocycles. The molecule has 9 nitrogen and oxygen atoms in total. The molecule has 0 aliphatic carbocycles. The molecule has 5 rings (SSSR count). The Bertz CT molecular complexity index is 1460. The smallest absolute Gasteiger partial charge is 0.225 e. The molecule has 11 heteroatoms. The second-order valence-corrected chi connectivity index (χ2v) is 10.6. The van der Waals surface area contributed by atoms with Crippen LogP contribution in [0.15, 0.2) is 53.9 Å². The van der Waals surface area contributed by atoms with Gasteiger partial charge >= 0.3 is 0 Å². The third-order valence-electron chi connectivity index (χ3n) is 6.18. The number of fused-ring (bicyclic) bond motifs is 1. The third kappa shape index (κ3) is 4.81. The molecule has 0 radical (unpaired) electrons. The molecule has 1 saturated heterocycles. The van der Waals surface area contributed by atoms with Crippen LogP contribution in [0.25, 0.3) is 10.9 Å². The van der Waals surface area contributed by atoms with Gasteiger partial charge in [-0.1, -0.05) is 6.92 Å². The first kappa shape index (κ1) is 23.2. The fourth-order valence-electron chi connectivity index (χ4n) is 4.24. The molecule has 0 saturated carbocycles. The topological polar surface area (TPSA) is 103 Å². The maximum atomic E-state index is 14.2. The molecule has 1 aliphatic rings. The van der Waals surface area contributed by atoms with Crippen molar-refractivity contribution in [2.24, 2.45) is 0 Å². The molecular formula is C24H25FN6O3S. The van der Waals surface area contributed by atoms with Crippen molar-refractivity contribution in [1.29, 1.82) is 0 Å². The number of aryl methyl sites for hydroxylation is 1. The van der Waals surface area contributed by atoms with E-state index in [4.69, 9.17) is 4.74 Å². The van der Waals surface area contributed by atoms with Gasteiger partial charge < -0.3 is 9.64 Å². The van der Waals surface area contributed by atoms with Gasteiger partial charge in [0.15, 0.2) is 9.84 Å². The van der Waals surface area contributed by atoms with Gasteiger partial charge in [0, 0.05) is 49.3 Å². The molecule has 4 heterocycles. The second-order valence-electron chi connectivity index (χ2n) is 8.60. The van der Waals surface area contributed by atoms with Gasteiger partial charge in [-0.05, 0) is 37.0 Å². The van der Waals surface area contributed by atoms with Crippen molar-refractivity contribution in [2.45, 2.75) is 37.1 Å². The average Bonchev–Trinajstić information content (AvgIpc) is 3.27. The number of rotatable bonds is 6. The van der Waals surface area contributed by atoms with Gasteiger partial charge in [-0.2, -0.15) is 5.10 Å². The highest BCUT2D eigenvalue weighted by atomic mass is 32.2. The van der Waals surface area contributed by atoms with E-state index in [0.29, 0.717) is 0 Å². The number of ether oxygens (including phenoxy) is 1. The van der Waals surface area contributed by atoms with E-state index in [1.807, 2.05) is 17.1 Å². The summed E-state index contributed by atoms with van der Waals surface area (Å²) < 4.78 is 45.0. The second kappa shape index (κ2) is 9.21. The number of nitrogens with zero attached hydrogens (tertiary/aromatic N) is 6. The molecular weight excluding hydrogens is 471 g/mol. The largest absolute Gasteiger partial charge is 0.439 e. The summed E-state index contributed by atoms with van der Waals surface area (Å²) in [6.45, 7) is 3.75. The number of benzene rings is 1. The monoisotopic (exact) mass is 496 g/mol. The summed E-state index contributed by atoms with van der Waals surface area (Å²) in [4.78, 5) is 15.2. The first-order valence-corrected chi connectivity index (χ1v) is 13.3. The Hall–Kier alpha value is -3.60. The Morgan fingerprint density at radius 3 is 2.46 bits per heavy atom. The summed E-state index contributed by atoms with van der Waals surface area (Å²) in [6.07, 6.45) is 10.9. The van der Waals surface area contributed by atoms with Gasteiger partial charge in [0.25, 0.3) is 0 Å². The van der Waals surface area contributed by atoms with Crippen molar-refractivity contribution in [3.8, 4) is 11.6 Å². The summed E-state index contributed by atoms with van der Waals surface area (Å²) in [7, 11) is -3.65. The lowest BCUT2D eigenvalue weighted by Gasteiger charge is -2.32. The van der Waals surface area contributed by atoms with E-state index in [2.05, 4.69) is 31.9 Å². The van der Waals surface area contributed by atoms with Crippen LogP contribution in [0.1, 0.15) is 31.4 Å². The average molecular weight is 497 g/mol. The lowest BCUT2D eigenvalue weighted by atomic mass is 10.1. The first-order valence-electron chi connectivity index (χ1n) is 11.4. The van der Waals surface area contributed by atoms with E-state index >= 15 is 0 Å². The van der Waals surface area contributed by atoms with Gasteiger partial charge in [0.1, 0.15) is 16.5 Å². The molecule has 1 fully saturated rings. The van der Waals surface area contributed by atoms with E-state index in [1.165, 1.54) is 12.1 Å². The van der Waals surface area contributed by atoms with Crippen LogP contribution in [0.5, 0.6) is 11.6 Å². The number of sulfone groups is 1. The van der Waals surface area contributed by atoms with Gasteiger partial charge in [-0.15, -0.1) is 0 Å². The van der Waals surface area contributed by atoms with Crippen molar-refractivity contribution in [3.63, 3.8) is 0 Å². The molecule has 0 N–H and O–H groups in total. The van der Waals surface area contributed by atoms with Crippen LogP contribution in [-0.4, -0.2) is 52.5 Å². The Labute approximate surface area is 202 Å². The van der Waals surface area contributed by atoms with Crippen molar-refractivity contribution in [1.82, 2.24) is 24.7 Å². The predicted octanol–water partition coefficient (Wildman–Crippen LogP) is 3.96. The molecule has 0 amide bonds. The highest BCUT2D eigenvalue weighted by Crippen LogP contribution is 2.30. The van der Waals surface area contributed by atoms with E-state index < -0.39 is 15.7 Å². The summed E-state index contributed by atoms with van der Waals surface area (Å²) >= 11 is 0. The van der Waals surface area contributed by atoms with Crippen LogP contribution in [0.2, 0.25) is 0 Å². The zero-order valence-electron chi connectivity index (χ0n) is 19.4. The highest BCUT2D eigenvalue weighted by molar-refractivity contribution is 7.90. The summed E-state index contributed by atoms with van der Waals surface area (Å²) in [5.41, 5.74) is 2.01. The van der Waals surface area contributed by atoms with E-state index in [-0.39, 0.29) is 22.6 Å². The zero-order chi connectivity index (χ0) is 24.6. The highest BCUT2D eigenvalue weighted by Gasteiger charge is 2.24. The van der Waals surface area contributed by atoms with Crippen molar-refractivity contribution in [2.75, 3.05) is 24.2 Å². The van der Waals surface area contributed by atoms with E-state index in [9.17, 15) is 12.8 Å². The van der Waals surface area contributed by atoms with Gasteiger partial charge in [-0.25, -0.2) is 27.8 Å². The van der Waals surface area contributed by atoms with Crippen molar-refractivity contribution < 1.29 is 17.5 Å². The quantitative estimate of drug-likeness (QED) is 0.395. The van der Waals surface area contributed by atoms with Crippen LogP contribution >= 0.6 is 0 Å². The molecule has 0 atom stereocenters. The molecule has 3 aromatic heterocycles. The number of piperidine rings is 1. The van der Waals surface area contributed by atoms with Crippen LogP contribution in [0.3, 0.4) is 0 Å². The van der Waals surface area contributed by atoms with Gasteiger partial charge in [0.05, 0.1) is 24.0 Å².